The van der Waals surface area contributed by atoms with Gasteiger partial charge in [0.25, 0.3) is 11.8 Å². The van der Waals surface area contributed by atoms with Crippen LogP contribution in [0.2, 0.25) is 0 Å². The Bertz CT molecular complexity index is 1060. The summed E-state index contributed by atoms with van der Waals surface area (Å²) in [6.07, 6.45) is 0. The fourth-order valence-corrected chi connectivity index (χ4v) is 2.65. The van der Waals surface area contributed by atoms with Crippen molar-refractivity contribution >= 4 is 17.8 Å². The molecule has 0 aliphatic heterocycles. The SMILES string of the molecule is Cc1noc(C)c1COc1ccccc1C(=O)OCC(=O)NNC(=O)c1ccccc1. The number of carbonyl (C=O) groups is 3. The van der Waals surface area contributed by atoms with Gasteiger partial charge in [0.15, 0.2) is 6.61 Å². The number of esters is 1. The number of hydrogen-bond acceptors (Lipinski definition) is 7. The third-order valence-corrected chi connectivity index (χ3v) is 4.35. The first-order valence-corrected chi connectivity index (χ1v) is 9.40. The number of hydrazine groups is 1. The zero-order chi connectivity index (χ0) is 22.2. The van der Waals surface area contributed by atoms with Crippen LogP contribution in [0.1, 0.15) is 37.7 Å². The third-order valence-electron chi connectivity index (χ3n) is 4.35. The second kappa shape index (κ2) is 10.1. The Morgan fingerprint density at radius 2 is 1.68 bits per heavy atom. The number of para-hydroxylation sites is 1. The quantitative estimate of drug-likeness (QED) is 0.442. The summed E-state index contributed by atoms with van der Waals surface area (Å²) < 4.78 is 15.9. The summed E-state index contributed by atoms with van der Waals surface area (Å²) in [5, 5.41) is 3.86. The number of benzene rings is 2. The van der Waals surface area contributed by atoms with Crippen molar-refractivity contribution in [3.05, 3.63) is 82.7 Å². The van der Waals surface area contributed by atoms with Crippen LogP contribution in [0, 0.1) is 13.8 Å². The maximum absolute atomic E-state index is 12.4. The van der Waals surface area contributed by atoms with Gasteiger partial charge in [-0.15, -0.1) is 0 Å². The van der Waals surface area contributed by atoms with E-state index in [0.29, 0.717) is 22.8 Å². The molecule has 2 aromatic carbocycles. The molecule has 1 aromatic heterocycles. The van der Waals surface area contributed by atoms with Crippen LogP contribution in [-0.4, -0.2) is 29.5 Å². The Morgan fingerprint density at radius 1 is 0.968 bits per heavy atom. The largest absolute Gasteiger partial charge is 0.488 e. The first-order valence-electron chi connectivity index (χ1n) is 9.40. The highest BCUT2D eigenvalue weighted by Gasteiger charge is 2.17. The smallest absolute Gasteiger partial charge is 0.342 e. The van der Waals surface area contributed by atoms with E-state index in [2.05, 4.69) is 16.0 Å². The molecule has 160 valence electrons. The van der Waals surface area contributed by atoms with E-state index < -0.39 is 24.4 Å². The van der Waals surface area contributed by atoms with Crippen molar-refractivity contribution < 1.29 is 28.4 Å². The summed E-state index contributed by atoms with van der Waals surface area (Å²) in [5.74, 6) is -0.985. The van der Waals surface area contributed by atoms with E-state index in [4.69, 9.17) is 14.0 Å². The van der Waals surface area contributed by atoms with Crippen LogP contribution in [-0.2, 0) is 16.1 Å². The third kappa shape index (κ3) is 5.69. The molecule has 0 spiro atoms. The van der Waals surface area contributed by atoms with E-state index in [0.717, 1.165) is 5.56 Å². The van der Waals surface area contributed by atoms with Gasteiger partial charge in [-0.3, -0.25) is 20.4 Å². The second-order valence-corrected chi connectivity index (χ2v) is 6.53. The van der Waals surface area contributed by atoms with Gasteiger partial charge >= 0.3 is 5.97 Å². The van der Waals surface area contributed by atoms with Crippen LogP contribution in [0.3, 0.4) is 0 Å². The molecule has 1 heterocycles. The number of aryl methyl sites for hydroxylation is 2. The second-order valence-electron chi connectivity index (χ2n) is 6.53. The van der Waals surface area contributed by atoms with Gasteiger partial charge in [-0.25, -0.2) is 4.79 Å². The standard InChI is InChI=1S/C22H21N3O6/c1-14-18(15(2)31-25-14)12-29-19-11-7-6-10-17(19)22(28)30-13-20(26)23-24-21(27)16-8-4-3-5-9-16/h3-11H,12-13H2,1-2H3,(H,23,26)(H,24,27). The molecule has 0 radical (unpaired) electrons. The lowest BCUT2D eigenvalue weighted by atomic mass is 10.2. The molecule has 9 heteroatoms. The molecule has 3 rings (SSSR count). The lowest BCUT2D eigenvalue weighted by Gasteiger charge is -2.11. The van der Waals surface area contributed by atoms with Gasteiger partial charge in [0, 0.05) is 5.56 Å². The molecule has 0 unspecified atom stereocenters. The molecular formula is C22H21N3O6. The summed E-state index contributed by atoms with van der Waals surface area (Å²) in [5.41, 5.74) is 6.48. The molecule has 2 N–H and O–H groups in total. The van der Waals surface area contributed by atoms with Gasteiger partial charge in [-0.05, 0) is 38.1 Å². The Kier molecular flexibility index (Phi) is 7.00. The van der Waals surface area contributed by atoms with Crippen molar-refractivity contribution in [2.75, 3.05) is 6.61 Å². The topological polar surface area (TPSA) is 120 Å². The number of hydrogen-bond donors (Lipinski definition) is 2. The van der Waals surface area contributed by atoms with Gasteiger partial charge in [0.2, 0.25) is 0 Å². The summed E-state index contributed by atoms with van der Waals surface area (Å²) >= 11 is 0. The average Bonchev–Trinajstić information content (AvgIpc) is 3.12. The first kappa shape index (κ1) is 21.6. The fourth-order valence-electron chi connectivity index (χ4n) is 2.65. The normalized spacial score (nSPS) is 10.3. The lowest BCUT2D eigenvalue weighted by Crippen LogP contribution is -2.43. The van der Waals surface area contributed by atoms with Crippen molar-refractivity contribution in [3.63, 3.8) is 0 Å². The van der Waals surface area contributed by atoms with E-state index >= 15 is 0 Å². The van der Waals surface area contributed by atoms with Crippen molar-refractivity contribution in [3.8, 4) is 5.75 Å². The van der Waals surface area contributed by atoms with Crippen LogP contribution in [0.25, 0.3) is 0 Å². The van der Waals surface area contributed by atoms with Crippen LogP contribution in [0.5, 0.6) is 5.75 Å². The molecule has 0 saturated carbocycles. The highest BCUT2D eigenvalue weighted by atomic mass is 16.5. The molecule has 0 saturated heterocycles. The molecule has 9 nitrogen and oxygen atoms in total. The summed E-state index contributed by atoms with van der Waals surface area (Å²) in [6.45, 7) is 3.15. The highest BCUT2D eigenvalue weighted by molar-refractivity contribution is 5.96. The minimum atomic E-state index is -0.737. The van der Waals surface area contributed by atoms with Gasteiger partial charge in [-0.2, -0.15) is 0 Å². The van der Waals surface area contributed by atoms with Crippen LogP contribution < -0.4 is 15.6 Å². The van der Waals surface area contributed by atoms with Crippen molar-refractivity contribution in [2.24, 2.45) is 0 Å². The van der Waals surface area contributed by atoms with Gasteiger partial charge in [0.1, 0.15) is 23.7 Å². The van der Waals surface area contributed by atoms with Crippen molar-refractivity contribution in [2.45, 2.75) is 20.5 Å². The van der Waals surface area contributed by atoms with Gasteiger partial charge in [0.05, 0.1) is 11.3 Å². The molecule has 2 amide bonds. The van der Waals surface area contributed by atoms with Crippen LogP contribution in [0.15, 0.2) is 59.1 Å². The van der Waals surface area contributed by atoms with Crippen molar-refractivity contribution in [1.82, 2.24) is 16.0 Å². The number of ether oxygens (including phenoxy) is 2. The van der Waals surface area contributed by atoms with Crippen LogP contribution in [0.4, 0.5) is 0 Å². The van der Waals surface area contributed by atoms with Crippen LogP contribution >= 0.6 is 0 Å². The Labute approximate surface area is 178 Å². The fraction of sp³-hybridized carbons (Fsp3) is 0.182. The summed E-state index contributed by atoms with van der Waals surface area (Å²) in [6, 6.07) is 14.9. The number of nitrogens with one attached hydrogen (secondary N) is 2. The molecule has 0 aliphatic carbocycles. The van der Waals surface area contributed by atoms with E-state index in [9.17, 15) is 14.4 Å². The van der Waals surface area contributed by atoms with Gasteiger partial charge in [-0.1, -0.05) is 35.5 Å². The summed E-state index contributed by atoms with van der Waals surface area (Å²) in [4.78, 5) is 36.2. The molecule has 0 bridgehead atoms. The maximum Gasteiger partial charge on any atom is 0.342 e. The number of carbonyl (C=O) groups excluding carboxylic acids is 3. The first-order chi connectivity index (χ1) is 15.0. The molecule has 0 atom stereocenters. The minimum Gasteiger partial charge on any atom is -0.488 e. The number of aromatic nitrogens is 1. The van der Waals surface area contributed by atoms with Gasteiger partial charge < -0.3 is 14.0 Å². The minimum absolute atomic E-state index is 0.162. The van der Waals surface area contributed by atoms with E-state index in [1.165, 1.54) is 6.07 Å². The highest BCUT2D eigenvalue weighted by Crippen LogP contribution is 2.22. The molecule has 0 aliphatic rings. The maximum atomic E-state index is 12.4. The Morgan fingerprint density at radius 3 is 2.39 bits per heavy atom. The summed E-state index contributed by atoms with van der Waals surface area (Å²) in [7, 11) is 0. The molecular weight excluding hydrogens is 402 g/mol. The monoisotopic (exact) mass is 423 g/mol. The zero-order valence-electron chi connectivity index (χ0n) is 17.0. The predicted molar refractivity (Wildman–Crippen MR) is 109 cm³/mol. The average molecular weight is 423 g/mol. The van der Waals surface area contributed by atoms with E-state index in [1.54, 1.807) is 62.4 Å². The number of amides is 2. The number of rotatable bonds is 7. The van der Waals surface area contributed by atoms with E-state index in [-0.39, 0.29) is 12.2 Å². The van der Waals surface area contributed by atoms with Crippen molar-refractivity contribution in [1.29, 1.82) is 0 Å². The molecule has 3 aromatic rings. The molecule has 31 heavy (non-hydrogen) atoms. The number of nitrogens with zero attached hydrogens (tertiary/aromatic N) is 1. The Hall–Kier alpha value is -4.14. The predicted octanol–water partition coefficient (Wildman–Crippen LogP) is 2.49. The Balaban J connectivity index is 1.52. The molecule has 0 fully saturated rings. The zero-order valence-corrected chi connectivity index (χ0v) is 17.0. The lowest BCUT2D eigenvalue weighted by molar-refractivity contribution is -0.125. The van der Waals surface area contributed by atoms with E-state index in [1.807, 2.05) is 0 Å².